The summed E-state index contributed by atoms with van der Waals surface area (Å²) in [4.78, 5) is 3.94. The number of benzene rings is 1. The molecule has 1 heterocycles. The third-order valence-electron chi connectivity index (χ3n) is 2.95. The van der Waals surface area contributed by atoms with Gasteiger partial charge in [-0.05, 0) is 18.4 Å². The van der Waals surface area contributed by atoms with Crippen LogP contribution in [0, 0.1) is 24.4 Å². The maximum atomic E-state index is 13.7. The maximum Gasteiger partial charge on any atom is 0.185 e. The number of rotatable bonds is 1. The van der Waals surface area contributed by atoms with Crippen LogP contribution >= 0.6 is 0 Å². The summed E-state index contributed by atoms with van der Waals surface area (Å²) in [5.74, 6) is -3.30. The molecule has 0 saturated carbocycles. The lowest BCUT2D eigenvalue weighted by Crippen LogP contribution is -2.06. The quantitative estimate of drug-likeness (QED) is 0.789. The molecule has 0 saturated heterocycles. The topological polar surface area (TPSA) is 38.9 Å². The minimum atomic E-state index is -1.26. The van der Waals surface area contributed by atoms with E-state index >= 15 is 0 Å². The number of hydrogen-bond donors (Lipinski definition) is 1. The zero-order chi connectivity index (χ0) is 13.6. The van der Waals surface area contributed by atoms with Crippen molar-refractivity contribution in [3.05, 3.63) is 34.8 Å². The smallest absolute Gasteiger partial charge is 0.185 e. The lowest BCUT2D eigenvalue weighted by molar-refractivity contribution is 0.504. The van der Waals surface area contributed by atoms with E-state index in [1.54, 1.807) is 6.92 Å². The summed E-state index contributed by atoms with van der Waals surface area (Å²) in [6, 6.07) is 0.495. The highest BCUT2D eigenvalue weighted by atomic mass is 19.2. The molecule has 0 amide bonds. The standard InChI is InChI=1S/C13H13F3N2/c1-5(2)9-6(3)18-13-10(12(9)17)7(14)4-8(15)11(13)16/h4-5H,1-3H3,(H2,17,18). The van der Waals surface area contributed by atoms with Gasteiger partial charge in [0.2, 0.25) is 0 Å². The lowest BCUT2D eigenvalue weighted by Gasteiger charge is -2.15. The maximum absolute atomic E-state index is 13.7. The minimum absolute atomic E-state index is 0.0226. The molecule has 0 unspecified atom stereocenters. The lowest BCUT2D eigenvalue weighted by atomic mass is 9.97. The van der Waals surface area contributed by atoms with E-state index in [1.165, 1.54) is 0 Å². The number of fused-ring (bicyclic) bond motifs is 1. The molecule has 0 radical (unpaired) electrons. The number of nitrogens with two attached hydrogens (primary N) is 1. The Bertz CT molecular complexity index is 636. The van der Waals surface area contributed by atoms with Crippen LogP contribution in [0.1, 0.15) is 31.0 Å². The molecule has 1 aromatic heterocycles. The van der Waals surface area contributed by atoms with Crippen LogP contribution in [0.5, 0.6) is 0 Å². The second kappa shape index (κ2) is 4.15. The molecule has 1 aromatic carbocycles. The molecular weight excluding hydrogens is 241 g/mol. The fourth-order valence-electron chi connectivity index (χ4n) is 2.23. The Kier molecular flexibility index (Phi) is 2.92. The van der Waals surface area contributed by atoms with Gasteiger partial charge in [0.1, 0.15) is 11.3 Å². The number of aryl methyl sites for hydroxylation is 1. The van der Waals surface area contributed by atoms with Gasteiger partial charge >= 0.3 is 0 Å². The van der Waals surface area contributed by atoms with Crippen LogP contribution in [0.25, 0.3) is 10.9 Å². The third-order valence-corrected chi connectivity index (χ3v) is 2.95. The van der Waals surface area contributed by atoms with E-state index in [9.17, 15) is 13.2 Å². The van der Waals surface area contributed by atoms with E-state index < -0.39 is 17.5 Å². The van der Waals surface area contributed by atoms with Gasteiger partial charge in [-0.2, -0.15) is 0 Å². The van der Waals surface area contributed by atoms with E-state index in [0.29, 0.717) is 17.3 Å². The molecular formula is C13H13F3N2. The fraction of sp³-hybridized carbons (Fsp3) is 0.308. The Balaban J connectivity index is 3.00. The van der Waals surface area contributed by atoms with Crippen molar-refractivity contribution >= 4 is 16.6 Å². The van der Waals surface area contributed by atoms with Crippen LogP contribution in [0.15, 0.2) is 6.07 Å². The molecule has 96 valence electrons. The van der Waals surface area contributed by atoms with Gasteiger partial charge < -0.3 is 5.73 Å². The fourth-order valence-corrected chi connectivity index (χ4v) is 2.23. The van der Waals surface area contributed by atoms with E-state index in [1.807, 2.05) is 13.8 Å². The van der Waals surface area contributed by atoms with Gasteiger partial charge in [0.05, 0.1) is 5.39 Å². The first-order chi connectivity index (χ1) is 8.34. The molecule has 0 aliphatic carbocycles. The van der Waals surface area contributed by atoms with Crippen LogP contribution in [0.4, 0.5) is 18.9 Å². The van der Waals surface area contributed by atoms with Crippen molar-refractivity contribution in [1.29, 1.82) is 0 Å². The Morgan fingerprint density at radius 1 is 1.17 bits per heavy atom. The van der Waals surface area contributed by atoms with E-state index in [-0.39, 0.29) is 22.5 Å². The highest BCUT2D eigenvalue weighted by Crippen LogP contribution is 2.34. The molecule has 2 nitrogen and oxygen atoms in total. The zero-order valence-electron chi connectivity index (χ0n) is 10.3. The molecule has 2 aromatic rings. The summed E-state index contributed by atoms with van der Waals surface area (Å²) in [6.45, 7) is 5.40. The number of nitrogen functional groups attached to an aromatic ring is 1. The number of anilines is 1. The first kappa shape index (κ1) is 12.7. The third kappa shape index (κ3) is 1.70. The monoisotopic (exact) mass is 254 g/mol. The summed E-state index contributed by atoms with van der Waals surface area (Å²) in [6.07, 6.45) is 0. The van der Waals surface area contributed by atoms with Crippen molar-refractivity contribution in [2.45, 2.75) is 26.7 Å². The number of nitrogens with zero attached hydrogens (tertiary/aromatic N) is 1. The van der Waals surface area contributed by atoms with Crippen molar-refractivity contribution < 1.29 is 13.2 Å². The van der Waals surface area contributed by atoms with Crippen LogP contribution in [-0.2, 0) is 0 Å². The summed E-state index contributed by atoms with van der Waals surface area (Å²) in [5, 5.41) is -0.150. The molecule has 0 aliphatic heterocycles. The predicted molar refractivity (Wildman–Crippen MR) is 64.9 cm³/mol. The Morgan fingerprint density at radius 2 is 1.78 bits per heavy atom. The Morgan fingerprint density at radius 3 is 2.33 bits per heavy atom. The summed E-state index contributed by atoms with van der Waals surface area (Å²) in [5.41, 5.74) is 6.79. The molecule has 0 bridgehead atoms. The van der Waals surface area contributed by atoms with E-state index in [2.05, 4.69) is 4.98 Å². The molecule has 0 aliphatic rings. The van der Waals surface area contributed by atoms with Gasteiger partial charge in [-0.15, -0.1) is 0 Å². The largest absolute Gasteiger partial charge is 0.398 e. The van der Waals surface area contributed by atoms with Gasteiger partial charge in [0, 0.05) is 17.4 Å². The average Bonchev–Trinajstić information content (AvgIpc) is 2.24. The highest BCUT2D eigenvalue weighted by molar-refractivity contribution is 5.93. The molecule has 2 rings (SSSR count). The van der Waals surface area contributed by atoms with Crippen LogP contribution in [-0.4, -0.2) is 4.98 Å². The van der Waals surface area contributed by atoms with Crippen molar-refractivity contribution in [2.24, 2.45) is 0 Å². The number of pyridine rings is 1. The molecule has 2 N–H and O–H groups in total. The van der Waals surface area contributed by atoms with Gasteiger partial charge in [-0.3, -0.25) is 0 Å². The van der Waals surface area contributed by atoms with Crippen molar-refractivity contribution in [3.8, 4) is 0 Å². The molecule has 5 heteroatoms. The van der Waals surface area contributed by atoms with Gasteiger partial charge in [0.15, 0.2) is 11.6 Å². The number of halogens is 3. The average molecular weight is 254 g/mol. The summed E-state index contributed by atoms with van der Waals surface area (Å²) < 4.78 is 40.5. The van der Waals surface area contributed by atoms with Crippen molar-refractivity contribution in [1.82, 2.24) is 4.98 Å². The van der Waals surface area contributed by atoms with Gasteiger partial charge in [0.25, 0.3) is 0 Å². The minimum Gasteiger partial charge on any atom is -0.398 e. The molecule has 0 spiro atoms. The normalized spacial score (nSPS) is 11.5. The van der Waals surface area contributed by atoms with Gasteiger partial charge in [-0.1, -0.05) is 13.8 Å². The highest BCUT2D eigenvalue weighted by Gasteiger charge is 2.20. The first-order valence-electron chi connectivity index (χ1n) is 5.57. The van der Waals surface area contributed by atoms with Crippen molar-refractivity contribution in [2.75, 3.05) is 5.73 Å². The van der Waals surface area contributed by atoms with Crippen LogP contribution < -0.4 is 5.73 Å². The second-order valence-corrected chi connectivity index (χ2v) is 4.56. The zero-order valence-corrected chi connectivity index (χ0v) is 10.3. The number of aromatic nitrogens is 1. The predicted octanol–water partition coefficient (Wildman–Crippen LogP) is 3.67. The SMILES string of the molecule is Cc1nc2c(F)c(F)cc(F)c2c(N)c1C(C)C. The first-order valence-corrected chi connectivity index (χ1v) is 5.57. The summed E-state index contributed by atoms with van der Waals surface area (Å²) in [7, 11) is 0. The molecule has 0 atom stereocenters. The second-order valence-electron chi connectivity index (χ2n) is 4.56. The van der Waals surface area contributed by atoms with E-state index in [0.717, 1.165) is 0 Å². The Hall–Kier alpha value is -1.78. The molecule has 18 heavy (non-hydrogen) atoms. The number of hydrogen-bond acceptors (Lipinski definition) is 2. The van der Waals surface area contributed by atoms with Crippen LogP contribution in [0.2, 0.25) is 0 Å². The molecule has 0 fully saturated rings. The van der Waals surface area contributed by atoms with E-state index in [4.69, 9.17) is 5.73 Å². The van der Waals surface area contributed by atoms with Crippen molar-refractivity contribution in [3.63, 3.8) is 0 Å². The summed E-state index contributed by atoms with van der Waals surface area (Å²) >= 11 is 0. The van der Waals surface area contributed by atoms with Crippen LogP contribution in [0.3, 0.4) is 0 Å². The Labute approximate surface area is 103 Å². The van der Waals surface area contributed by atoms with Gasteiger partial charge in [-0.25, -0.2) is 18.2 Å².